The van der Waals surface area contributed by atoms with E-state index in [4.69, 9.17) is 0 Å². The van der Waals surface area contributed by atoms with Gasteiger partial charge in [-0.25, -0.2) is 0 Å². The Labute approximate surface area is 94.1 Å². The normalized spacial score (nSPS) is 26.5. The molecule has 3 nitrogen and oxygen atoms in total. The number of nitrogens with zero attached hydrogens (tertiary/aromatic N) is 2. The molecule has 0 amide bonds. The van der Waals surface area contributed by atoms with E-state index >= 15 is 0 Å². The lowest BCUT2D eigenvalue weighted by atomic mass is 9.80. The molecular formula is C11H16N2OS. The van der Waals surface area contributed by atoms with E-state index in [0.29, 0.717) is 17.2 Å². The zero-order valence-corrected chi connectivity index (χ0v) is 9.80. The van der Waals surface area contributed by atoms with E-state index in [9.17, 15) is 4.79 Å². The molecule has 15 heavy (non-hydrogen) atoms. The number of carbonyl (C=O) groups excluding carboxylic acids is 1. The molecule has 0 aliphatic heterocycles. The summed E-state index contributed by atoms with van der Waals surface area (Å²) in [5, 5.41) is 3.70. The van der Waals surface area contributed by atoms with Crippen LogP contribution in [0.3, 0.4) is 0 Å². The van der Waals surface area contributed by atoms with E-state index in [1.54, 1.807) is 6.20 Å². The van der Waals surface area contributed by atoms with Gasteiger partial charge in [-0.3, -0.25) is 4.79 Å². The Bertz CT molecular complexity index is 323. The Morgan fingerprint density at radius 1 is 1.60 bits per heavy atom. The van der Waals surface area contributed by atoms with Crippen molar-refractivity contribution in [3.05, 3.63) is 11.1 Å². The van der Waals surface area contributed by atoms with Gasteiger partial charge in [0, 0.05) is 6.42 Å². The summed E-state index contributed by atoms with van der Waals surface area (Å²) < 4.78 is 3.72. The van der Waals surface area contributed by atoms with Crippen molar-refractivity contribution in [1.29, 1.82) is 0 Å². The lowest BCUT2D eigenvalue weighted by Gasteiger charge is -2.25. The van der Waals surface area contributed by atoms with Crippen LogP contribution in [0.15, 0.2) is 6.20 Å². The van der Waals surface area contributed by atoms with Crippen LogP contribution < -0.4 is 0 Å². The second-order valence-electron chi connectivity index (χ2n) is 4.55. The Kier molecular flexibility index (Phi) is 3.46. The topological polar surface area (TPSA) is 42.9 Å². The molecule has 2 rings (SSSR count). The molecule has 1 aliphatic carbocycles. The molecule has 0 spiro atoms. The highest BCUT2D eigenvalue weighted by Crippen LogP contribution is 2.31. The number of rotatable bonds is 3. The second kappa shape index (κ2) is 4.84. The van der Waals surface area contributed by atoms with Crippen molar-refractivity contribution < 1.29 is 4.79 Å². The van der Waals surface area contributed by atoms with Gasteiger partial charge in [-0.15, -0.1) is 5.10 Å². The summed E-state index contributed by atoms with van der Waals surface area (Å²) in [6, 6.07) is 0. The molecule has 0 N–H and O–H groups in total. The van der Waals surface area contributed by atoms with Crippen molar-refractivity contribution in [2.75, 3.05) is 0 Å². The fourth-order valence-corrected chi connectivity index (χ4v) is 2.86. The van der Waals surface area contributed by atoms with Crippen LogP contribution in [-0.4, -0.2) is 15.4 Å². The third-order valence-electron chi connectivity index (χ3n) is 3.16. The molecule has 2 unspecified atom stereocenters. The van der Waals surface area contributed by atoms with Gasteiger partial charge in [-0.05, 0) is 36.2 Å². The third-order valence-corrected chi connectivity index (χ3v) is 3.86. The molecule has 1 fully saturated rings. The molecule has 1 aromatic heterocycles. The first-order valence-electron chi connectivity index (χ1n) is 5.56. The average Bonchev–Trinajstić information content (AvgIpc) is 2.70. The fourth-order valence-electron chi connectivity index (χ4n) is 2.40. The van der Waals surface area contributed by atoms with Crippen molar-refractivity contribution in [1.82, 2.24) is 9.59 Å². The van der Waals surface area contributed by atoms with E-state index in [0.717, 1.165) is 5.92 Å². The highest BCUT2D eigenvalue weighted by molar-refractivity contribution is 7.07. The van der Waals surface area contributed by atoms with Crippen LogP contribution in [0.4, 0.5) is 0 Å². The summed E-state index contributed by atoms with van der Waals surface area (Å²) in [4.78, 5) is 12.5. The van der Waals surface area contributed by atoms with Gasteiger partial charge in [-0.2, -0.15) is 0 Å². The molecule has 1 aromatic rings. The molecule has 0 aromatic carbocycles. The highest BCUT2D eigenvalue weighted by atomic mass is 32.1. The maximum absolute atomic E-state index is 11.8. The standard InChI is InChI=1S/C11H16N2OS/c1-8-3-2-4-9(5-8)6-10(14)11-7-12-13-15-11/h7-9H,2-6H2,1H3. The molecule has 82 valence electrons. The van der Waals surface area contributed by atoms with Crippen LogP contribution in [0.1, 0.15) is 48.7 Å². The minimum absolute atomic E-state index is 0.226. The number of aromatic nitrogens is 2. The molecule has 0 radical (unpaired) electrons. The Morgan fingerprint density at radius 2 is 2.47 bits per heavy atom. The largest absolute Gasteiger partial charge is 0.293 e. The van der Waals surface area contributed by atoms with Crippen LogP contribution in [0, 0.1) is 11.8 Å². The quantitative estimate of drug-likeness (QED) is 0.741. The number of carbonyl (C=O) groups is 1. The van der Waals surface area contributed by atoms with Gasteiger partial charge >= 0.3 is 0 Å². The van der Waals surface area contributed by atoms with Gasteiger partial charge in [0.25, 0.3) is 0 Å². The molecule has 1 heterocycles. The van der Waals surface area contributed by atoms with Gasteiger partial charge in [-0.1, -0.05) is 24.3 Å². The minimum atomic E-state index is 0.226. The van der Waals surface area contributed by atoms with Gasteiger partial charge in [0.2, 0.25) is 0 Å². The lowest BCUT2D eigenvalue weighted by molar-refractivity contribution is 0.0946. The Morgan fingerprint density at radius 3 is 3.13 bits per heavy atom. The molecule has 4 heteroatoms. The lowest BCUT2D eigenvalue weighted by Crippen LogP contribution is -2.16. The van der Waals surface area contributed by atoms with Crippen LogP contribution in [0.25, 0.3) is 0 Å². The zero-order chi connectivity index (χ0) is 10.7. The molecular weight excluding hydrogens is 208 g/mol. The van der Waals surface area contributed by atoms with E-state index in [-0.39, 0.29) is 5.78 Å². The first-order valence-corrected chi connectivity index (χ1v) is 6.33. The Balaban J connectivity index is 1.89. The number of ketones is 1. The van der Waals surface area contributed by atoms with Gasteiger partial charge in [0.15, 0.2) is 5.78 Å². The zero-order valence-electron chi connectivity index (χ0n) is 8.98. The number of hydrogen-bond acceptors (Lipinski definition) is 4. The maximum Gasteiger partial charge on any atom is 0.176 e. The monoisotopic (exact) mass is 224 g/mol. The molecule has 0 bridgehead atoms. The van der Waals surface area contributed by atoms with E-state index in [2.05, 4.69) is 16.5 Å². The van der Waals surface area contributed by atoms with Gasteiger partial charge in [0.1, 0.15) is 4.88 Å². The summed E-state index contributed by atoms with van der Waals surface area (Å²) in [5.74, 6) is 1.60. The Hall–Kier alpha value is -0.770. The highest BCUT2D eigenvalue weighted by Gasteiger charge is 2.22. The van der Waals surface area contributed by atoms with E-state index < -0.39 is 0 Å². The summed E-state index contributed by atoms with van der Waals surface area (Å²) in [7, 11) is 0. The van der Waals surface area contributed by atoms with Gasteiger partial charge in [0.05, 0.1) is 6.20 Å². The predicted octanol–water partition coefficient (Wildman–Crippen LogP) is 2.94. The first kappa shape index (κ1) is 10.7. The molecule has 0 saturated heterocycles. The van der Waals surface area contributed by atoms with Crippen molar-refractivity contribution in [2.24, 2.45) is 11.8 Å². The van der Waals surface area contributed by atoms with Crippen LogP contribution in [0.5, 0.6) is 0 Å². The van der Waals surface area contributed by atoms with Crippen LogP contribution in [0.2, 0.25) is 0 Å². The van der Waals surface area contributed by atoms with Crippen molar-refractivity contribution in [3.8, 4) is 0 Å². The summed E-state index contributed by atoms with van der Waals surface area (Å²) in [6.07, 6.45) is 7.29. The van der Waals surface area contributed by atoms with Crippen molar-refractivity contribution in [3.63, 3.8) is 0 Å². The SMILES string of the molecule is CC1CCCC(CC(=O)c2cnns2)C1. The van der Waals surface area contributed by atoms with E-state index in [1.807, 2.05) is 0 Å². The van der Waals surface area contributed by atoms with Gasteiger partial charge < -0.3 is 0 Å². The average molecular weight is 224 g/mol. The van der Waals surface area contributed by atoms with Crippen LogP contribution in [-0.2, 0) is 0 Å². The number of Topliss-reactive ketones (excluding diaryl/α,β-unsaturated/α-hetero) is 1. The first-order chi connectivity index (χ1) is 7.25. The summed E-state index contributed by atoms with van der Waals surface area (Å²) in [5.41, 5.74) is 0. The third kappa shape index (κ3) is 2.84. The second-order valence-corrected chi connectivity index (χ2v) is 5.33. The summed E-state index contributed by atoms with van der Waals surface area (Å²) in [6.45, 7) is 2.28. The number of hydrogen-bond donors (Lipinski definition) is 0. The fraction of sp³-hybridized carbons (Fsp3) is 0.727. The van der Waals surface area contributed by atoms with Crippen LogP contribution >= 0.6 is 11.5 Å². The van der Waals surface area contributed by atoms with Crippen molar-refractivity contribution in [2.45, 2.75) is 39.0 Å². The molecule has 1 saturated carbocycles. The minimum Gasteiger partial charge on any atom is -0.293 e. The van der Waals surface area contributed by atoms with E-state index in [1.165, 1.54) is 37.2 Å². The van der Waals surface area contributed by atoms with Crippen molar-refractivity contribution >= 4 is 17.3 Å². The molecule has 2 atom stereocenters. The predicted molar refractivity (Wildman–Crippen MR) is 60.0 cm³/mol. The smallest absolute Gasteiger partial charge is 0.176 e. The molecule has 1 aliphatic rings. The summed E-state index contributed by atoms with van der Waals surface area (Å²) >= 11 is 1.21. The maximum atomic E-state index is 11.8.